The molecule has 0 saturated heterocycles. The zero-order chi connectivity index (χ0) is 25.5. The summed E-state index contributed by atoms with van der Waals surface area (Å²) in [4.78, 5) is 43.4. The lowest BCUT2D eigenvalue weighted by atomic mass is 9.93. The van der Waals surface area contributed by atoms with Crippen molar-refractivity contribution in [1.29, 1.82) is 0 Å². The number of halogens is 1. The number of nitrogens with one attached hydrogen (secondary N) is 2. The first-order chi connectivity index (χ1) is 18.0. The quantitative estimate of drug-likeness (QED) is 0.407. The summed E-state index contributed by atoms with van der Waals surface area (Å²) in [7, 11) is 0. The third kappa shape index (κ3) is 4.12. The standard InChI is InChI=1S/C27H21FN6O3/c28-18-12-10-17(11-13-18)22-14-21(16-6-2-1-3-7-16)29-27-31-26(32-34(22)27)30-23(35)15-33-24(36)19-8-4-5-9-20(19)25(33)37/h1-13,21-22H,14-15H2,(H2,29,30,31,32,35)/t21-,22-/m0/s1. The van der Waals surface area contributed by atoms with Crippen molar-refractivity contribution in [1.82, 2.24) is 19.7 Å². The number of fused-ring (bicyclic) bond motifs is 2. The Bertz CT molecular complexity index is 1480. The fraction of sp³-hybridized carbons (Fsp3) is 0.148. The van der Waals surface area contributed by atoms with Crippen LogP contribution in [-0.4, -0.2) is 43.9 Å². The molecule has 0 aliphatic carbocycles. The number of hydrogen-bond acceptors (Lipinski definition) is 6. The summed E-state index contributed by atoms with van der Waals surface area (Å²) in [5, 5.41) is 10.4. The first-order valence-corrected chi connectivity index (χ1v) is 11.8. The van der Waals surface area contributed by atoms with Crippen LogP contribution >= 0.6 is 0 Å². The van der Waals surface area contributed by atoms with Gasteiger partial charge in [-0.1, -0.05) is 54.6 Å². The predicted octanol–water partition coefficient (Wildman–Crippen LogP) is 3.80. The van der Waals surface area contributed by atoms with Crippen LogP contribution < -0.4 is 10.6 Å². The number of carbonyl (C=O) groups excluding carboxylic acids is 3. The molecule has 0 saturated carbocycles. The van der Waals surface area contributed by atoms with Gasteiger partial charge in [0.05, 0.1) is 23.2 Å². The number of aromatic nitrogens is 3. The largest absolute Gasteiger partial charge is 0.347 e. The molecule has 2 aliphatic heterocycles. The van der Waals surface area contributed by atoms with Crippen LogP contribution in [0.5, 0.6) is 0 Å². The van der Waals surface area contributed by atoms with Crippen molar-refractivity contribution in [2.45, 2.75) is 18.5 Å². The SMILES string of the molecule is O=C(CN1C(=O)c2ccccc2C1=O)Nc1nc2n(n1)[C@H](c1ccc(F)cc1)C[C@@H](c1ccccc1)N2. The second-order valence-corrected chi connectivity index (χ2v) is 8.90. The molecule has 3 amide bonds. The highest BCUT2D eigenvalue weighted by atomic mass is 19.1. The van der Waals surface area contributed by atoms with Gasteiger partial charge in [0, 0.05) is 0 Å². The Morgan fingerprint density at radius 2 is 1.57 bits per heavy atom. The van der Waals surface area contributed by atoms with Crippen molar-refractivity contribution in [3.05, 3.63) is 107 Å². The Morgan fingerprint density at radius 1 is 0.919 bits per heavy atom. The normalized spacial score (nSPS) is 18.2. The van der Waals surface area contributed by atoms with Gasteiger partial charge in [-0.3, -0.25) is 24.6 Å². The van der Waals surface area contributed by atoms with Crippen molar-refractivity contribution in [2.24, 2.45) is 0 Å². The summed E-state index contributed by atoms with van der Waals surface area (Å²) in [6.45, 7) is -0.461. The van der Waals surface area contributed by atoms with Crippen LogP contribution in [0.25, 0.3) is 0 Å². The number of amides is 3. The van der Waals surface area contributed by atoms with Crippen LogP contribution in [-0.2, 0) is 4.79 Å². The van der Waals surface area contributed by atoms with E-state index in [0.717, 1.165) is 16.0 Å². The number of nitrogens with zero attached hydrogens (tertiary/aromatic N) is 4. The van der Waals surface area contributed by atoms with Crippen molar-refractivity contribution in [3.8, 4) is 0 Å². The first-order valence-electron chi connectivity index (χ1n) is 11.8. The van der Waals surface area contributed by atoms with E-state index in [1.54, 1.807) is 41.1 Å². The van der Waals surface area contributed by atoms with Gasteiger partial charge in [-0.2, -0.15) is 4.98 Å². The summed E-state index contributed by atoms with van der Waals surface area (Å²) in [5.74, 6) is -1.50. The van der Waals surface area contributed by atoms with Gasteiger partial charge in [-0.05, 0) is 41.8 Å². The van der Waals surface area contributed by atoms with Crippen molar-refractivity contribution >= 4 is 29.6 Å². The molecule has 0 radical (unpaired) electrons. The topological polar surface area (TPSA) is 109 Å². The van der Waals surface area contributed by atoms with E-state index in [1.165, 1.54) is 12.1 Å². The molecule has 0 unspecified atom stereocenters. The van der Waals surface area contributed by atoms with Crippen LogP contribution in [0, 0.1) is 5.82 Å². The minimum atomic E-state index is -0.601. The molecule has 2 atom stereocenters. The third-order valence-electron chi connectivity index (χ3n) is 6.58. The molecular weight excluding hydrogens is 475 g/mol. The van der Waals surface area contributed by atoms with E-state index in [-0.39, 0.29) is 35.0 Å². The van der Waals surface area contributed by atoms with E-state index in [0.29, 0.717) is 12.4 Å². The third-order valence-corrected chi connectivity index (χ3v) is 6.58. The number of imide groups is 1. The smallest absolute Gasteiger partial charge is 0.262 e. The fourth-order valence-corrected chi connectivity index (χ4v) is 4.79. The van der Waals surface area contributed by atoms with E-state index in [1.807, 2.05) is 30.3 Å². The fourth-order valence-electron chi connectivity index (χ4n) is 4.79. The Morgan fingerprint density at radius 3 is 2.24 bits per heavy atom. The predicted molar refractivity (Wildman–Crippen MR) is 132 cm³/mol. The molecule has 2 aliphatic rings. The lowest BCUT2D eigenvalue weighted by molar-refractivity contribution is -0.116. The molecule has 0 spiro atoms. The van der Waals surface area contributed by atoms with Gasteiger partial charge in [0.1, 0.15) is 12.4 Å². The number of anilines is 2. The van der Waals surface area contributed by atoms with E-state index >= 15 is 0 Å². The van der Waals surface area contributed by atoms with Crippen molar-refractivity contribution < 1.29 is 18.8 Å². The lowest BCUT2D eigenvalue weighted by Gasteiger charge is -2.31. The van der Waals surface area contributed by atoms with E-state index in [2.05, 4.69) is 20.7 Å². The average molecular weight is 497 g/mol. The maximum absolute atomic E-state index is 13.6. The summed E-state index contributed by atoms with van der Waals surface area (Å²) in [5.41, 5.74) is 2.45. The molecule has 184 valence electrons. The molecule has 3 aromatic carbocycles. The molecular formula is C27H21FN6O3. The molecule has 4 aromatic rings. The number of hydrogen-bond donors (Lipinski definition) is 2. The van der Waals surface area contributed by atoms with Gasteiger partial charge >= 0.3 is 0 Å². The monoisotopic (exact) mass is 496 g/mol. The number of carbonyl (C=O) groups is 3. The van der Waals surface area contributed by atoms with Crippen molar-refractivity contribution in [2.75, 3.05) is 17.2 Å². The second-order valence-electron chi connectivity index (χ2n) is 8.90. The summed E-state index contributed by atoms with van der Waals surface area (Å²) >= 11 is 0. The molecule has 10 heteroatoms. The van der Waals surface area contributed by atoms with E-state index in [4.69, 9.17) is 0 Å². The Labute approximate surface area is 210 Å². The Balaban J connectivity index is 1.25. The van der Waals surface area contributed by atoms with Crippen LogP contribution in [0.3, 0.4) is 0 Å². The zero-order valence-corrected chi connectivity index (χ0v) is 19.5. The van der Waals surface area contributed by atoms with Crippen molar-refractivity contribution in [3.63, 3.8) is 0 Å². The van der Waals surface area contributed by atoms with Crippen LogP contribution in [0.1, 0.15) is 50.3 Å². The molecule has 0 bridgehead atoms. The van der Waals surface area contributed by atoms with Gasteiger partial charge in [0.2, 0.25) is 11.9 Å². The Kier molecular flexibility index (Phi) is 5.48. The van der Waals surface area contributed by atoms with E-state index in [9.17, 15) is 18.8 Å². The number of benzene rings is 3. The average Bonchev–Trinajstić information content (AvgIpc) is 3.43. The molecule has 2 N–H and O–H groups in total. The number of rotatable bonds is 5. The molecule has 9 nitrogen and oxygen atoms in total. The van der Waals surface area contributed by atoms with Crippen LogP contribution in [0.4, 0.5) is 16.3 Å². The molecule has 0 fully saturated rings. The van der Waals surface area contributed by atoms with Gasteiger partial charge < -0.3 is 5.32 Å². The highest BCUT2D eigenvalue weighted by molar-refractivity contribution is 6.22. The maximum atomic E-state index is 13.6. The van der Waals surface area contributed by atoms with Gasteiger partial charge in [0.25, 0.3) is 17.8 Å². The molecule has 3 heterocycles. The molecule has 37 heavy (non-hydrogen) atoms. The first kappa shape index (κ1) is 22.6. The Hall–Kier alpha value is -4.86. The highest BCUT2D eigenvalue weighted by Gasteiger charge is 2.37. The zero-order valence-electron chi connectivity index (χ0n) is 19.5. The van der Waals surface area contributed by atoms with Crippen LogP contribution in [0.2, 0.25) is 0 Å². The minimum absolute atomic E-state index is 0.0323. The lowest BCUT2D eigenvalue weighted by Crippen LogP contribution is -2.37. The summed E-state index contributed by atoms with van der Waals surface area (Å²) in [6.07, 6.45) is 0.619. The summed E-state index contributed by atoms with van der Waals surface area (Å²) in [6, 6.07) is 22.2. The maximum Gasteiger partial charge on any atom is 0.262 e. The van der Waals surface area contributed by atoms with Gasteiger partial charge in [-0.25, -0.2) is 9.07 Å². The van der Waals surface area contributed by atoms with Gasteiger partial charge in [0.15, 0.2) is 0 Å². The van der Waals surface area contributed by atoms with Crippen LogP contribution in [0.15, 0.2) is 78.9 Å². The second kappa shape index (κ2) is 8.98. The summed E-state index contributed by atoms with van der Waals surface area (Å²) < 4.78 is 15.3. The minimum Gasteiger partial charge on any atom is -0.347 e. The van der Waals surface area contributed by atoms with Gasteiger partial charge in [-0.15, -0.1) is 5.10 Å². The molecule has 1 aromatic heterocycles. The van der Waals surface area contributed by atoms with E-state index < -0.39 is 24.3 Å². The molecule has 6 rings (SSSR count). The highest BCUT2D eigenvalue weighted by Crippen LogP contribution is 2.38.